The van der Waals surface area contributed by atoms with E-state index in [1.165, 1.54) is 64.4 Å². The van der Waals surface area contributed by atoms with E-state index >= 15 is 0 Å². The Morgan fingerprint density at radius 1 is 0.643 bits per heavy atom. The van der Waals surface area contributed by atoms with Gasteiger partial charge in [-0.15, -0.1) is 11.3 Å². The topological polar surface area (TPSA) is 0 Å². The van der Waals surface area contributed by atoms with Crippen molar-refractivity contribution in [3.8, 4) is 0 Å². The highest BCUT2D eigenvalue weighted by molar-refractivity contribution is 7.25. The molecule has 0 saturated carbocycles. The highest BCUT2D eigenvalue weighted by Crippen LogP contribution is 2.50. The minimum absolute atomic E-state index is 0.143. The summed E-state index contributed by atoms with van der Waals surface area (Å²) < 4.78 is 2.62. The smallest absolute Gasteiger partial charge is 0.0361 e. The molecule has 1 heteroatoms. The summed E-state index contributed by atoms with van der Waals surface area (Å²) in [7, 11) is 0. The maximum Gasteiger partial charge on any atom is 0.0361 e. The number of rotatable bonds is 7. The fourth-order valence-corrected chi connectivity index (χ4v) is 9.80. The second-order valence-electron chi connectivity index (χ2n) is 15.3. The molecule has 7 aromatic rings. The fourth-order valence-electron chi connectivity index (χ4n) is 8.67. The first-order valence-electron chi connectivity index (χ1n) is 19.5. The number of hydrogen-bond donors (Lipinski definition) is 0. The van der Waals surface area contributed by atoms with Crippen LogP contribution in [-0.4, -0.2) is 0 Å². The summed E-state index contributed by atoms with van der Waals surface area (Å²) in [5.41, 5.74) is 15.1. The molecule has 1 heterocycles. The maximum atomic E-state index is 4.82. The molecule has 270 valence electrons. The summed E-state index contributed by atoms with van der Waals surface area (Å²) >= 11 is 1.87. The van der Waals surface area contributed by atoms with Crippen LogP contribution in [-0.2, 0) is 5.41 Å². The van der Waals surface area contributed by atoms with Crippen LogP contribution in [0.4, 0.5) is 0 Å². The van der Waals surface area contributed by atoms with Crippen molar-refractivity contribution in [2.24, 2.45) is 0 Å². The van der Waals surface area contributed by atoms with E-state index in [0.29, 0.717) is 0 Å². The van der Waals surface area contributed by atoms with Crippen molar-refractivity contribution in [2.45, 2.75) is 32.1 Å². The Balaban J connectivity index is 1.19. The van der Waals surface area contributed by atoms with Gasteiger partial charge < -0.3 is 0 Å². The van der Waals surface area contributed by atoms with Gasteiger partial charge in [-0.1, -0.05) is 179 Å². The second-order valence-corrected chi connectivity index (χ2v) is 16.4. The number of thiophene rings is 1. The molecule has 0 radical (unpaired) electrons. The predicted octanol–water partition coefficient (Wildman–Crippen LogP) is 13.6. The Morgan fingerprint density at radius 2 is 1.34 bits per heavy atom. The van der Waals surface area contributed by atoms with E-state index < -0.39 is 0 Å². The van der Waals surface area contributed by atoms with Crippen molar-refractivity contribution in [3.05, 3.63) is 232 Å². The third kappa shape index (κ3) is 6.10. The zero-order valence-electron chi connectivity index (χ0n) is 32.1. The average Bonchev–Trinajstić information content (AvgIpc) is 3.74. The van der Waals surface area contributed by atoms with Crippen LogP contribution in [0.1, 0.15) is 71.2 Å². The Bertz CT molecular complexity index is 2970. The zero-order chi connectivity index (χ0) is 38.4. The van der Waals surface area contributed by atoms with Crippen molar-refractivity contribution in [1.29, 1.82) is 0 Å². The quantitative estimate of drug-likeness (QED) is 0.153. The minimum atomic E-state index is -0.143. The van der Waals surface area contributed by atoms with Crippen LogP contribution in [0.5, 0.6) is 0 Å². The second kappa shape index (κ2) is 14.4. The van der Waals surface area contributed by atoms with Crippen LogP contribution in [0.25, 0.3) is 60.2 Å². The summed E-state index contributed by atoms with van der Waals surface area (Å²) in [5, 5.41) is 4.93. The molecule has 0 atom stereocenters. The highest BCUT2D eigenvalue weighted by Gasteiger charge is 2.35. The molecule has 2 aliphatic rings. The standard InChI is InChI=1S/C55H44S/c1-6-38-19-11-13-21-42(38)37(3)43-22-9-7-8-10-23-44(46-25-15-14-24-45(43)46)40-31-29-39(30-32-40)36(2)48-34-50-47-26-16-18-28-53(47)56-54(50)35-49(48)52-33-41-20-12-17-27-51(41)55(52,4)5/h6,9-35H,1-3,7-8H2,4-5H3/b22-9?,23-10+,45-43?,46-44+. The first kappa shape index (κ1) is 35.4. The molecule has 1 aromatic heterocycles. The fraction of sp³-hybridized carbons (Fsp3) is 0.0909. The molecular formula is C55H44S. The third-order valence-corrected chi connectivity index (χ3v) is 12.8. The first-order chi connectivity index (χ1) is 27.3. The summed E-state index contributed by atoms with van der Waals surface area (Å²) in [6, 6.07) is 48.6. The molecule has 0 fully saturated rings. The number of benzene rings is 6. The van der Waals surface area contributed by atoms with E-state index in [1.807, 2.05) is 17.4 Å². The normalized spacial score (nSPS) is 16.2. The maximum absolute atomic E-state index is 4.82. The highest BCUT2D eigenvalue weighted by atomic mass is 32.1. The molecule has 2 aliphatic carbocycles. The molecular weight excluding hydrogens is 693 g/mol. The molecule has 0 nitrogen and oxygen atoms in total. The summed E-state index contributed by atoms with van der Waals surface area (Å²) in [6.45, 7) is 18.3. The molecule has 56 heavy (non-hydrogen) atoms. The van der Waals surface area contributed by atoms with E-state index in [2.05, 4.69) is 191 Å². The van der Waals surface area contributed by atoms with Crippen molar-refractivity contribution < 1.29 is 0 Å². The van der Waals surface area contributed by atoms with Crippen molar-refractivity contribution in [2.75, 3.05) is 0 Å². The SMILES string of the molecule is C=Cc1ccccc1C(=C)C1=c2cccc/c2=C(c2ccc(C(=C)c3cc4c(cc3C3=Cc5ccccc5C3(C)C)sc3ccccc34)cc2)/C=C/CCC=C1. The lowest BCUT2D eigenvalue weighted by Gasteiger charge is -2.27. The molecule has 0 amide bonds. The van der Waals surface area contributed by atoms with E-state index in [0.717, 1.165) is 51.5 Å². The zero-order valence-corrected chi connectivity index (χ0v) is 32.9. The van der Waals surface area contributed by atoms with Gasteiger partial charge in [0.25, 0.3) is 0 Å². The van der Waals surface area contributed by atoms with Gasteiger partial charge >= 0.3 is 0 Å². The lowest BCUT2D eigenvalue weighted by atomic mass is 9.76. The van der Waals surface area contributed by atoms with E-state index in [4.69, 9.17) is 6.58 Å². The van der Waals surface area contributed by atoms with Crippen molar-refractivity contribution >= 4 is 71.5 Å². The molecule has 6 aromatic carbocycles. The van der Waals surface area contributed by atoms with Gasteiger partial charge in [-0.05, 0) is 120 Å². The molecule has 9 rings (SSSR count). The Kier molecular flexibility index (Phi) is 9.12. The molecule has 0 aliphatic heterocycles. The van der Waals surface area contributed by atoms with Crippen molar-refractivity contribution in [1.82, 2.24) is 0 Å². The molecule has 0 saturated heterocycles. The third-order valence-electron chi connectivity index (χ3n) is 11.7. The molecule has 0 unspecified atom stereocenters. The summed E-state index contributed by atoms with van der Waals surface area (Å²) in [6.07, 6.45) is 15.4. The Hall–Kier alpha value is -6.28. The van der Waals surface area contributed by atoms with Gasteiger partial charge in [0.1, 0.15) is 0 Å². The largest absolute Gasteiger partial charge is 0.135 e. The van der Waals surface area contributed by atoms with Gasteiger partial charge in [0.05, 0.1) is 0 Å². The average molecular weight is 737 g/mol. The van der Waals surface area contributed by atoms with Gasteiger partial charge in [0, 0.05) is 25.6 Å². The van der Waals surface area contributed by atoms with E-state index in [9.17, 15) is 0 Å². The lowest BCUT2D eigenvalue weighted by Crippen LogP contribution is -2.29. The van der Waals surface area contributed by atoms with E-state index in [1.54, 1.807) is 0 Å². The van der Waals surface area contributed by atoms with Crippen LogP contribution in [0.3, 0.4) is 0 Å². The van der Waals surface area contributed by atoms with Crippen LogP contribution >= 0.6 is 11.3 Å². The lowest BCUT2D eigenvalue weighted by molar-refractivity contribution is 0.704. The number of allylic oxidation sites excluding steroid dienone is 6. The summed E-state index contributed by atoms with van der Waals surface area (Å²) in [5.74, 6) is 0. The van der Waals surface area contributed by atoms with Gasteiger partial charge in [0.2, 0.25) is 0 Å². The number of hydrogen-bond acceptors (Lipinski definition) is 1. The summed E-state index contributed by atoms with van der Waals surface area (Å²) in [4.78, 5) is 0. The molecule has 0 spiro atoms. The molecule has 0 bridgehead atoms. The minimum Gasteiger partial charge on any atom is -0.135 e. The monoisotopic (exact) mass is 736 g/mol. The van der Waals surface area contributed by atoms with Gasteiger partial charge in [0.15, 0.2) is 0 Å². The first-order valence-corrected chi connectivity index (χ1v) is 20.3. The predicted molar refractivity (Wildman–Crippen MR) is 246 cm³/mol. The van der Waals surface area contributed by atoms with Gasteiger partial charge in [-0.2, -0.15) is 0 Å². The van der Waals surface area contributed by atoms with E-state index in [-0.39, 0.29) is 5.41 Å². The Morgan fingerprint density at radius 3 is 2.14 bits per heavy atom. The Labute approximate surface area is 334 Å². The van der Waals surface area contributed by atoms with Crippen LogP contribution in [0, 0.1) is 0 Å². The molecule has 0 N–H and O–H groups in total. The van der Waals surface area contributed by atoms with Crippen LogP contribution in [0.2, 0.25) is 0 Å². The van der Waals surface area contributed by atoms with Crippen LogP contribution < -0.4 is 10.4 Å². The van der Waals surface area contributed by atoms with Gasteiger partial charge in [-0.3, -0.25) is 0 Å². The van der Waals surface area contributed by atoms with Crippen molar-refractivity contribution in [3.63, 3.8) is 0 Å². The number of fused-ring (bicyclic) bond motifs is 5. The van der Waals surface area contributed by atoms with Gasteiger partial charge in [-0.25, -0.2) is 0 Å². The van der Waals surface area contributed by atoms with Crippen LogP contribution in [0.15, 0.2) is 178 Å².